The van der Waals surface area contributed by atoms with E-state index in [9.17, 15) is 0 Å². The SMILES string of the molecule is CC1(C)c2cc(Br)ccc2-c2ccc(-c3ccc(N(c4ccc5c(c4)C(C)(C)c4ccccc4-5)c4cccc5ccccc45)cc3)cc21. The molecule has 1 nitrogen and oxygen atoms in total. The van der Waals surface area contributed by atoms with Crippen LogP contribution in [0.1, 0.15) is 49.9 Å². The topological polar surface area (TPSA) is 3.24 Å². The molecule has 0 saturated carbocycles. The van der Waals surface area contributed by atoms with Gasteiger partial charge in [-0.15, -0.1) is 0 Å². The second-order valence-corrected chi connectivity index (χ2v) is 15.3. The number of benzene rings is 7. The summed E-state index contributed by atoms with van der Waals surface area (Å²) in [4.78, 5) is 2.44. The van der Waals surface area contributed by atoms with Gasteiger partial charge in [0, 0.05) is 32.1 Å². The lowest BCUT2D eigenvalue weighted by molar-refractivity contribution is 0.660. The molecule has 2 aliphatic carbocycles. The highest BCUT2D eigenvalue weighted by molar-refractivity contribution is 9.10. The molecule has 0 bridgehead atoms. The molecule has 0 saturated heterocycles. The van der Waals surface area contributed by atoms with E-state index in [1.807, 2.05) is 0 Å². The maximum atomic E-state index is 3.70. The van der Waals surface area contributed by atoms with E-state index in [-0.39, 0.29) is 10.8 Å². The van der Waals surface area contributed by atoms with Gasteiger partial charge in [0.25, 0.3) is 0 Å². The highest BCUT2D eigenvalue weighted by atomic mass is 79.9. The maximum absolute atomic E-state index is 3.70. The molecule has 7 aromatic rings. The van der Waals surface area contributed by atoms with E-state index in [4.69, 9.17) is 0 Å². The fourth-order valence-corrected chi connectivity index (χ4v) is 8.72. The van der Waals surface area contributed by atoms with Crippen LogP contribution >= 0.6 is 15.9 Å². The third-order valence-electron chi connectivity index (χ3n) is 10.9. The second kappa shape index (κ2) is 10.5. The first-order chi connectivity index (χ1) is 23.2. The molecule has 0 amide bonds. The van der Waals surface area contributed by atoms with E-state index in [1.165, 1.54) is 77.8 Å². The van der Waals surface area contributed by atoms with E-state index in [0.717, 1.165) is 10.2 Å². The lowest BCUT2D eigenvalue weighted by atomic mass is 9.81. The van der Waals surface area contributed by atoms with E-state index < -0.39 is 0 Å². The fourth-order valence-electron chi connectivity index (χ4n) is 8.35. The predicted octanol–water partition coefficient (Wildman–Crippen LogP) is 13.4. The molecule has 0 fully saturated rings. The van der Waals surface area contributed by atoms with Gasteiger partial charge >= 0.3 is 0 Å². The molecule has 0 N–H and O–H groups in total. The quantitative estimate of drug-likeness (QED) is 0.179. The van der Waals surface area contributed by atoms with E-state index in [1.54, 1.807) is 0 Å². The summed E-state index contributed by atoms with van der Waals surface area (Å²) in [5.41, 5.74) is 16.7. The Bertz CT molecular complexity index is 2410. The van der Waals surface area contributed by atoms with Crippen LogP contribution in [0.3, 0.4) is 0 Å². The minimum absolute atomic E-state index is 0.0590. The molecule has 9 rings (SSSR count). The van der Waals surface area contributed by atoms with E-state index in [2.05, 4.69) is 194 Å². The molecule has 0 atom stereocenters. The monoisotopic (exact) mass is 681 g/mol. The molecule has 2 aliphatic rings. The van der Waals surface area contributed by atoms with Crippen molar-refractivity contribution in [3.8, 4) is 33.4 Å². The van der Waals surface area contributed by atoms with Crippen molar-refractivity contribution in [2.45, 2.75) is 38.5 Å². The van der Waals surface area contributed by atoms with Gasteiger partial charge in [-0.3, -0.25) is 0 Å². The van der Waals surface area contributed by atoms with E-state index >= 15 is 0 Å². The van der Waals surface area contributed by atoms with Crippen LogP contribution in [0.4, 0.5) is 17.1 Å². The highest BCUT2D eigenvalue weighted by Gasteiger charge is 2.37. The van der Waals surface area contributed by atoms with Gasteiger partial charge in [-0.2, -0.15) is 0 Å². The summed E-state index contributed by atoms with van der Waals surface area (Å²) >= 11 is 3.70. The molecule has 48 heavy (non-hydrogen) atoms. The molecule has 0 aromatic heterocycles. The lowest BCUT2D eigenvalue weighted by Crippen LogP contribution is -2.16. The van der Waals surface area contributed by atoms with Gasteiger partial charge < -0.3 is 4.90 Å². The van der Waals surface area contributed by atoms with Crippen LogP contribution in [0.25, 0.3) is 44.2 Å². The second-order valence-electron chi connectivity index (χ2n) is 14.4. The molecule has 0 aliphatic heterocycles. The molecule has 0 spiro atoms. The summed E-state index contributed by atoms with van der Waals surface area (Å²) in [7, 11) is 0. The van der Waals surface area contributed by atoms with Crippen molar-refractivity contribution >= 4 is 43.8 Å². The fraction of sp³-hybridized carbons (Fsp3) is 0.130. The van der Waals surface area contributed by atoms with Crippen LogP contribution in [0.5, 0.6) is 0 Å². The molecule has 232 valence electrons. The van der Waals surface area contributed by atoms with Gasteiger partial charge in [0.2, 0.25) is 0 Å². The largest absolute Gasteiger partial charge is 0.310 e. The van der Waals surface area contributed by atoms with Crippen molar-refractivity contribution in [1.82, 2.24) is 0 Å². The van der Waals surface area contributed by atoms with Crippen LogP contribution in [-0.2, 0) is 10.8 Å². The van der Waals surface area contributed by atoms with E-state index in [0.29, 0.717) is 0 Å². The zero-order chi connectivity index (χ0) is 32.8. The summed E-state index contributed by atoms with van der Waals surface area (Å²) in [5.74, 6) is 0. The minimum atomic E-state index is -0.0761. The highest BCUT2D eigenvalue weighted by Crippen LogP contribution is 2.52. The Morgan fingerprint density at radius 3 is 1.81 bits per heavy atom. The molecule has 7 aromatic carbocycles. The van der Waals surface area contributed by atoms with Crippen LogP contribution < -0.4 is 4.90 Å². The molecular weight excluding hydrogens is 646 g/mol. The van der Waals surface area contributed by atoms with Crippen molar-refractivity contribution in [3.05, 3.63) is 172 Å². The number of hydrogen-bond acceptors (Lipinski definition) is 1. The first-order valence-electron chi connectivity index (χ1n) is 16.8. The van der Waals surface area contributed by atoms with Gasteiger partial charge in [-0.1, -0.05) is 141 Å². The molecule has 0 heterocycles. The zero-order valence-corrected chi connectivity index (χ0v) is 29.3. The van der Waals surface area contributed by atoms with Gasteiger partial charge in [-0.25, -0.2) is 0 Å². The van der Waals surface area contributed by atoms with Crippen LogP contribution in [0.2, 0.25) is 0 Å². The lowest BCUT2D eigenvalue weighted by Gasteiger charge is -2.29. The number of fused-ring (bicyclic) bond motifs is 7. The third kappa shape index (κ3) is 4.29. The van der Waals surface area contributed by atoms with Crippen molar-refractivity contribution < 1.29 is 0 Å². The summed E-state index contributed by atoms with van der Waals surface area (Å²) < 4.78 is 1.13. The van der Waals surface area contributed by atoms with Crippen molar-refractivity contribution in [3.63, 3.8) is 0 Å². The van der Waals surface area contributed by atoms with Gasteiger partial charge in [0.05, 0.1) is 5.69 Å². The van der Waals surface area contributed by atoms with Crippen LogP contribution in [0.15, 0.2) is 150 Å². The first kappa shape index (κ1) is 29.2. The normalized spacial score (nSPS) is 14.7. The third-order valence-corrected chi connectivity index (χ3v) is 11.4. The first-order valence-corrected chi connectivity index (χ1v) is 17.6. The van der Waals surface area contributed by atoms with Gasteiger partial charge in [-0.05, 0) is 110 Å². The van der Waals surface area contributed by atoms with Crippen LogP contribution in [0, 0.1) is 0 Å². The Labute approximate surface area is 291 Å². The summed E-state index contributed by atoms with van der Waals surface area (Å²) in [6.45, 7) is 9.40. The average molecular weight is 683 g/mol. The number of nitrogens with zero attached hydrogens (tertiary/aromatic N) is 1. The Kier molecular flexibility index (Phi) is 6.42. The minimum Gasteiger partial charge on any atom is -0.310 e. The summed E-state index contributed by atoms with van der Waals surface area (Å²) in [6, 6.07) is 54.1. The predicted molar refractivity (Wildman–Crippen MR) is 207 cm³/mol. The van der Waals surface area contributed by atoms with Crippen molar-refractivity contribution in [2.75, 3.05) is 4.90 Å². The zero-order valence-electron chi connectivity index (χ0n) is 27.7. The molecular formula is C46H36BrN. The Morgan fingerprint density at radius 2 is 1.00 bits per heavy atom. The Hall–Kier alpha value is -4.92. The van der Waals surface area contributed by atoms with Crippen molar-refractivity contribution in [2.24, 2.45) is 0 Å². The molecule has 0 unspecified atom stereocenters. The Morgan fingerprint density at radius 1 is 0.438 bits per heavy atom. The summed E-state index contributed by atoms with van der Waals surface area (Å²) in [5, 5.41) is 2.47. The number of rotatable bonds is 4. The molecule has 2 heteroatoms. The van der Waals surface area contributed by atoms with Crippen molar-refractivity contribution in [1.29, 1.82) is 0 Å². The number of hydrogen-bond donors (Lipinski definition) is 0. The number of anilines is 3. The summed E-state index contributed by atoms with van der Waals surface area (Å²) in [6.07, 6.45) is 0. The van der Waals surface area contributed by atoms with Gasteiger partial charge in [0.15, 0.2) is 0 Å². The standard InChI is InChI=1S/C46H36BrN/c1-45(2)40-14-8-7-13-36(40)39-25-22-34(28-43(39)45)48(44-15-9-11-30-10-5-6-12-35(30)44)33-20-16-29(17-21-33)31-18-23-37-38-24-19-32(47)27-42(38)46(3,4)41(37)26-31/h5-28H,1-4H3. The average Bonchev–Trinajstić information content (AvgIpc) is 3.47. The molecule has 0 radical (unpaired) electrons. The maximum Gasteiger partial charge on any atom is 0.0540 e. The Balaban J connectivity index is 1.16. The van der Waals surface area contributed by atoms with Crippen LogP contribution in [-0.4, -0.2) is 0 Å². The smallest absolute Gasteiger partial charge is 0.0540 e. The number of halogens is 1. The van der Waals surface area contributed by atoms with Gasteiger partial charge in [0.1, 0.15) is 0 Å².